The van der Waals surface area contributed by atoms with Gasteiger partial charge in [0.15, 0.2) is 17.5 Å². The molecule has 1 aliphatic carbocycles. The molecule has 0 amide bonds. The second-order valence-electron chi connectivity index (χ2n) is 6.17. The molecule has 1 aromatic rings. The van der Waals surface area contributed by atoms with Gasteiger partial charge in [-0.05, 0) is 44.4 Å². The topological polar surface area (TPSA) is 64.1 Å². The van der Waals surface area contributed by atoms with Crippen molar-refractivity contribution in [2.75, 3.05) is 39.6 Å². The van der Waals surface area contributed by atoms with Gasteiger partial charge in [0, 0.05) is 25.1 Å². The normalized spacial score (nSPS) is 17.0. The Hall–Kier alpha value is -1.22. The summed E-state index contributed by atoms with van der Waals surface area (Å²) in [5.74, 6) is 2.54. The highest BCUT2D eigenvalue weighted by Crippen LogP contribution is 2.50. The first kappa shape index (κ1) is 20.1. The lowest BCUT2D eigenvalue weighted by Crippen LogP contribution is -2.39. The van der Waals surface area contributed by atoms with Crippen LogP contribution in [0.25, 0.3) is 0 Å². The highest BCUT2D eigenvalue weighted by atomic mass is 127. The van der Waals surface area contributed by atoms with E-state index >= 15 is 0 Å². The van der Waals surface area contributed by atoms with Crippen molar-refractivity contribution in [1.82, 2.24) is 10.6 Å². The number of ether oxygens (including phenoxy) is 3. The van der Waals surface area contributed by atoms with E-state index in [0.29, 0.717) is 13.4 Å². The zero-order chi connectivity index (χ0) is 16.8. The van der Waals surface area contributed by atoms with E-state index in [-0.39, 0.29) is 29.4 Å². The van der Waals surface area contributed by atoms with Crippen LogP contribution in [0, 0.1) is 0 Å². The Labute approximate surface area is 166 Å². The lowest BCUT2D eigenvalue weighted by Gasteiger charge is -2.16. The summed E-state index contributed by atoms with van der Waals surface area (Å²) in [4.78, 5) is 4.78. The summed E-state index contributed by atoms with van der Waals surface area (Å²) in [7, 11) is 0. The molecule has 1 aliphatic heterocycles. The molecule has 6 nitrogen and oxygen atoms in total. The number of nitrogens with zero attached hydrogens (tertiary/aromatic N) is 1. The molecular weight excluding hydrogens is 433 g/mol. The maximum Gasteiger partial charge on any atom is 0.231 e. The van der Waals surface area contributed by atoms with E-state index in [1.54, 1.807) is 0 Å². The van der Waals surface area contributed by atoms with E-state index in [4.69, 9.17) is 19.2 Å². The molecule has 0 saturated heterocycles. The highest BCUT2D eigenvalue weighted by molar-refractivity contribution is 14.0. The number of fused-ring (bicyclic) bond motifs is 1. The second-order valence-corrected chi connectivity index (χ2v) is 6.17. The van der Waals surface area contributed by atoms with E-state index in [1.807, 2.05) is 13.0 Å². The first-order valence-electron chi connectivity index (χ1n) is 8.77. The first-order chi connectivity index (χ1) is 11.8. The molecule has 1 heterocycles. The zero-order valence-electron chi connectivity index (χ0n) is 15.0. The van der Waals surface area contributed by atoms with Crippen LogP contribution in [-0.4, -0.2) is 45.6 Å². The maximum absolute atomic E-state index is 5.51. The summed E-state index contributed by atoms with van der Waals surface area (Å²) in [5.41, 5.74) is 1.43. The number of aliphatic imine (C=N–C) groups is 1. The fraction of sp³-hybridized carbons (Fsp3) is 0.611. The van der Waals surface area contributed by atoms with Gasteiger partial charge in [-0.15, -0.1) is 24.0 Å². The summed E-state index contributed by atoms with van der Waals surface area (Å²) in [5, 5.41) is 6.61. The van der Waals surface area contributed by atoms with Gasteiger partial charge < -0.3 is 24.8 Å². The number of benzene rings is 1. The molecule has 0 atom stereocenters. The monoisotopic (exact) mass is 461 g/mol. The number of guanidine groups is 1. The molecule has 1 saturated carbocycles. The number of hydrogen-bond acceptors (Lipinski definition) is 4. The van der Waals surface area contributed by atoms with Gasteiger partial charge in [0.1, 0.15) is 0 Å². The third-order valence-electron chi connectivity index (χ3n) is 4.47. The molecular formula is C18H28IN3O3. The quantitative estimate of drug-likeness (QED) is 0.270. The highest BCUT2D eigenvalue weighted by Gasteiger charge is 2.44. The Morgan fingerprint density at radius 3 is 2.72 bits per heavy atom. The SMILES string of the molecule is CCNC(=NCC1(c2ccc3c(c2)OCO3)CC1)NCCOCC.I. The first-order valence-corrected chi connectivity index (χ1v) is 8.77. The molecule has 0 aromatic heterocycles. The summed E-state index contributed by atoms with van der Waals surface area (Å²) in [6.07, 6.45) is 2.32. The molecule has 1 aromatic carbocycles. The molecule has 0 bridgehead atoms. The Kier molecular flexibility index (Phi) is 7.61. The van der Waals surface area contributed by atoms with Crippen LogP contribution in [-0.2, 0) is 10.2 Å². The smallest absolute Gasteiger partial charge is 0.231 e. The Bertz CT molecular complexity index is 591. The van der Waals surface area contributed by atoms with Gasteiger partial charge in [-0.2, -0.15) is 0 Å². The minimum absolute atomic E-state index is 0. The van der Waals surface area contributed by atoms with Crippen molar-refractivity contribution >= 4 is 29.9 Å². The van der Waals surface area contributed by atoms with Gasteiger partial charge in [-0.25, -0.2) is 0 Å². The largest absolute Gasteiger partial charge is 0.454 e. The van der Waals surface area contributed by atoms with E-state index in [0.717, 1.165) is 56.5 Å². The van der Waals surface area contributed by atoms with Crippen molar-refractivity contribution in [3.05, 3.63) is 23.8 Å². The van der Waals surface area contributed by atoms with E-state index < -0.39 is 0 Å². The van der Waals surface area contributed by atoms with Gasteiger partial charge in [0.05, 0.1) is 13.2 Å². The number of nitrogens with one attached hydrogen (secondary N) is 2. The standard InChI is InChI=1S/C18H27N3O3.HI/c1-3-19-17(20-9-10-22-4-2)21-12-18(7-8-18)14-5-6-15-16(11-14)24-13-23-15;/h5-6,11H,3-4,7-10,12-13H2,1-2H3,(H2,19,20,21);1H. The Balaban J connectivity index is 0.00000225. The summed E-state index contributed by atoms with van der Waals surface area (Å²) >= 11 is 0. The van der Waals surface area contributed by atoms with Gasteiger partial charge in [0.2, 0.25) is 6.79 Å². The maximum atomic E-state index is 5.51. The molecule has 0 spiro atoms. The van der Waals surface area contributed by atoms with Gasteiger partial charge in [0.25, 0.3) is 0 Å². The summed E-state index contributed by atoms with van der Waals surface area (Å²) < 4.78 is 16.3. The third kappa shape index (κ3) is 5.13. The van der Waals surface area contributed by atoms with Gasteiger partial charge in [-0.1, -0.05) is 6.07 Å². The van der Waals surface area contributed by atoms with Crippen molar-refractivity contribution in [2.45, 2.75) is 32.1 Å². The number of halogens is 1. The van der Waals surface area contributed by atoms with Crippen molar-refractivity contribution in [1.29, 1.82) is 0 Å². The third-order valence-corrected chi connectivity index (χ3v) is 4.47. The predicted molar refractivity (Wildman–Crippen MR) is 109 cm³/mol. The van der Waals surface area contributed by atoms with Crippen molar-refractivity contribution < 1.29 is 14.2 Å². The van der Waals surface area contributed by atoms with Crippen LogP contribution in [0.2, 0.25) is 0 Å². The molecule has 0 radical (unpaired) electrons. The predicted octanol–water partition coefficient (Wildman–Crippen LogP) is 2.66. The average molecular weight is 461 g/mol. The molecule has 0 unspecified atom stereocenters. The Morgan fingerprint density at radius 2 is 2.00 bits per heavy atom. The van der Waals surface area contributed by atoms with Crippen molar-refractivity contribution in [3.63, 3.8) is 0 Å². The lowest BCUT2D eigenvalue weighted by atomic mass is 9.96. The lowest BCUT2D eigenvalue weighted by molar-refractivity contribution is 0.152. The molecule has 1 fully saturated rings. The van der Waals surface area contributed by atoms with Crippen LogP contribution in [0.1, 0.15) is 32.3 Å². The minimum Gasteiger partial charge on any atom is -0.454 e. The zero-order valence-corrected chi connectivity index (χ0v) is 17.3. The molecule has 2 aliphatic rings. The van der Waals surface area contributed by atoms with E-state index in [2.05, 4.69) is 29.7 Å². The summed E-state index contributed by atoms with van der Waals surface area (Å²) in [6.45, 7) is 8.20. The van der Waals surface area contributed by atoms with Crippen LogP contribution in [0.4, 0.5) is 0 Å². The molecule has 7 heteroatoms. The average Bonchev–Trinajstić information content (AvgIpc) is 3.25. The molecule has 25 heavy (non-hydrogen) atoms. The van der Waals surface area contributed by atoms with E-state index in [1.165, 1.54) is 5.56 Å². The summed E-state index contributed by atoms with van der Waals surface area (Å²) in [6, 6.07) is 6.26. The fourth-order valence-electron chi connectivity index (χ4n) is 2.87. The van der Waals surface area contributed by atoms with Crippen molar-refractivity contribution in [2.24, 2.45) is 4.99 Å². The van der Waals surface area contributed by atoms with Crippen LogP contribution in [0.5, 0.6) is 11.5 Å². The molecule has 140 valence electrons. The Morgan fingerprint density at radius 1 is 1.20 bits per heavy atom. The number of rotatable bonds is 8. The van der Waals surface area contributed by atoms with Gasteiger partial charge in [-0.3, -0.25) is 4.99 Å². The second kappa shape index (κ2) is 9.47. The molecule has 3 rings (SSSR count). The molecule has 2 N–H and O–H groups in total. The van der Waals surface area contributed by atoms with Crippen LogP contribution < -0.4 is 20.1 Å². The van der Waals surface area contributed by atoms with Crippen LogP contribution >= 0.6 is 24.0 Å². The van der Waals surface area contributed by atoms with E-state index in [9.17, 15) is 0 Å². The minimum atomic E-state index is 0. The van der Waals surface area contributed by atoms with Crippen LogP contribution in [0.3, 0.4) is 0 Å². The number of hydrogen-bond donors (Lipinski definition) is 2. The van der Waals surface area contributed by atoms with Gasteiger partial charge >= 0.3 is 0 Å². The fourth-order valence-corrected chi connectivity index (χ4v) is 2.87. The van der Waals surface area contributed by atoms with Crippen LogP contribution in [0.15, 0.2) is 23.2 Å². The van der Waals surface area contributed by atoms with Crippen molar-refractivity contribution in [3.8, 4) is 11.5 Å².